The summed E-state index contributed by atoms with van der Waals surface area (Å²) >= 11 is 6.87. The summed E-state index contributed by atoms with van der Waals surface area (Å²) in [5, 5.41) is 3.42. The van der Waals surface area contributed by atoms with Gasteiger partial charge in [-0.1, -0.05) is 48.9 Å². The van der Waals surface area contributed by atoms with Gasteiger partial charge in [0.15, 0.2) is 0 Å². The molecule has 1 aliphatic heterocycles. The first-order valence-electron chi connectivity index (χ1n) is 7.26. The maximum Gasteiger partial charge on any atom is 0.344 e. The molecule has 2 aromatic rings. The lowest BCUT2D eigenvalue weighted by molar-refractivity contribution is -0.133. The summed E-state index contributed by atoms with van der Waals surface area (Å²) in [7, 11) is 0. The van der Waals surface area contributed by atoms with Crippen molar-refractivity contribution >= 4 is 40.8 Å². The molecule has 6 nitrogen and oxygen atoms in total. The minimum Gasteiger partial charge on any atom is -0.318 e. The Bertz CT molecular complexity index is 808. The lowest BCUT2D eigenvalue weighted by atomic mass is 9.87. The second-order valence-corrected chi connectivity index (χ2v) is 6.96. The van der Waals surface area contributed by atoms with Crippen LogP contribution in [0.15, 0.2) is 42.5 Å². The fourth-order valence-corrected chi connectivity index (χ4v) is 3.56. The van der Waals surface area contributed by atoms with Gasteiger partial charge < -0.3 is 5.32 Å². The van der Waals surface area contributed by atoms with Gasteiger partial charge in [0, 0.05) is 0 Å². The van der Waals surface area contributed by atoms with Crippen LogP contribution in [0.1, 0.15) is 28.6 Å². The number of rotatable bonds is 4. The number of carbonyl (C=O) groups is 3. The Morgan fingerprint density at radius 2 is 1.96 bits per heavy atom. The average Bonchev–Trinajstić information content (AvgIpc) is 3.13. The number of urea groups is 1. The summed E-state index contributed by atoms with van der Waals surface area (Å²) in [6.07, 6.45) is 0.360. The van der Waals surface area contributed by atoms with E-state index in [1.807, 2.05) is 6.07 Å². The van der Waals surface area contributed by atoms with E-state index in [-0.39, 0.29) is 0 Å². The lowest BCUT2D eigenvalue weighted by Gasteiger charge is -2.25. The summed E-state index contributed by atoms with van der Waals surface area (Å²) in [6.45, 7) is 1.80. The van der Waals surface area contributed by atoms with Crippen molar-refractivity contribution in [3.63, 3.8) is 0 Å². The molecule has 0 bridgehead atoms. The van der Waals surface area contributed by atoms with Crippen molar-refractivity contribution in [3.05, 3.63) is 57.2 Å². The first kappa shape index (κ1) is 16.5. The number of imide groups is 1. The molecule has 0 saturated carbocycles. The van der Waals surface area contributed by atoms with Crippen LogP contribution in [0, 0.1) is 0 Å². The molecule has 24 heavy (non-hydrogen) atoms. The lowest BCUT2D eigenvalue weighted by Crippen LogP contribution is -2.48. The normalized spacial score (nSPS) is 20.2. The molecule has 4 amide bonds. The largest absolute Gasteiger partial charge is 0.344 e. The summed E-state index contributed by atoms with van der Waals surface area (Å²) in [5.74, 6) is -1.08. The Morgan fingerprint density at radius 1 is 1.25 bits per heavy atom. The highest BCUT2D eigenvalue weighted by Gasteiger charge is 2.52. The van der Waals surface area contributed by atoms with E-state index in [0.717, 1.165) is 16.3 Å². The zero-order valence-electron chi connectivity index (χ0n) is 12.7. The van der Waals surface area contributed by atoms with E-state index in [9.17, 15) is 14.4 Å². The molecule has 2 heterocycles. The summed E-state index contributed by atoms with van der Waals surface area (Å²) in [5.41, 5.74) is 1.84. The second kappa shape index (κ2) is 6.26. The summed E-state index contributed by atoms with van der Waals surface area (Å²) < 4.78 is 0.449. The highest BCUT2D eigenvalue weighted by atomic mass is 35.5. The molecular formula is C16H14ClN3O3S. The van der Waals surface area contributed by atoms with Crippen LogP contribution >= 0.6 is 22.9 Å². The minimum atomic E-state index is -1.18. The van der Waals surface area contributed by atoms with Crippen LogP contribution in [-0.4, -0.2) is 22.9 Å². The predicted molar refractivity (Wildman–Crippen MR) is 90.6 cm³/mol. The van der Waals surface area contributed by atoms with Crippen molar-refractivity contribution in [3.8, 4) is 0 Å². The van der Waals surface area contributed by atoms with Gasteiger partial charge in [0.2, 0.25) is 0 Å². The van der Waals surface area contributed by atoms with Gasteiger partial charge in [0.05, 0.1) is 9.21 Å². The van der Waals surface area contributed by atoms with E-state index in [0.29, 0.717) is 21.2 Å². The maximum absolute atomic E-state index is 12.8. The number of hydrogen-bond acceptors (Lipinski definition) is 4. The van der Waals surface area contributed by atoms with Crippen LogP contribution in [0.25, 0.3) is 0 Å². The van der Waals surface area contributed by atoms with Crippen LogP contribution in [-0.2, 0) is 10.3 Å². The van der Waals surface area contributed by atoms with E-state index < -0.39 is 23.4 Å². The summed E-state index contributed by atoms with van der Waals surface area (Å²) in [4.78, 5) is 37.6. The van der Waals surface area contributed by atoms with Gasteiger partial charge in [0.1, 0.15) is 5.54 Å². The van der Waals surface area contributed by atoms with Gasteiger partial charge in [-0.25, -0.2) is 4.79 Å². The Hall–Kier alpha value is -2.38. The highest BCUT2D eigenvalue weighted by molar-refractivity contribution is 7.18. The number of thiophene rings is 1. The van der Waals surface area contributed by atoms with Crippen molar-refractivity contribution < 1.29 is 14.4 Å². The van der Waals surface area contributed by atoms with Crippen molar-refractivity contribution in [2.45, 2.75) is 18.9 Å². The molecular weight excluding hydrogens is 350 g/mol. The molecule has 0 spiro atoms. The number of hydrazine groups is 1. The molecule has 3 rings (SSSR count). The first-order valence-corrected chi connectivity index (χ1v) is 8.46. The van der Waals surface area contributed by atoms with Crippen LogP contribution in [0.2, 0.25) is 4.34 Å². The fourth-order valence-electron chi connectivity index (χ4n) is 2.63. The molecule has 1 saturated heterocycles. The number of nitrogens with one attached hydrogen (secondary N) is 2. The third-order valence-electron chi connectivity index (χ3n) is 3.90. The Labute approximate surface area is 147 Å². The third kappa shape index (κ3) is 2.65. The number of carbonyl (C=O) groups excluding carboxylic acids is 3. The van der Waals surface area contributed by atoms with E-state index in [1.165, 1.54) is 6.07 Å². The van der Waals surface area contributed by atoms with E-state index >= 15 is 0 Å². The number of hydrogen-bond donors (Lipinski definition) is 2. The van der Waals surface area contributed by atoms with Gasteiger partial charge in [-0.2, -0.15) is 5.01 Å². The average molecular weight is 364 g/mol. The van der Waals surface area contributed by atoms with Gasteiger partial charge in [-0.05, 0) is 24.1 Å². The zero-order chi connectivity index (χ0) is 17.3. The number of nitrogens with zero attached hydrogens (tertiary/aromatic N) is 1. The maximum atomic E-state index is 12.8. The van der Waals surface area contributed by atoms with Crippen molar-refractivity contribution in [2.75, 3.05) is 0 Å². The highest BCUT2D eigenvalue weighted by Crippen LogP contribution is 2.31. The molecule has 1 fully saturated rings. The minimum absolute atomic E-state index is 0.314. The van der Waals surface area contributed by atoms with Crippen LogP contribution in [0.3, 0.4) is 0 Å². The second-order valence-electron chi connectivity index (χ2n) is 5.24. The molecule has 1 aliphatic rings. The molecule has 124 valence electrons. The van der Waals surface area contributed by atoms with Gasteiger partial charge >= 0.3 is 6.03 Å². The predicted octanol–water partition coefficient (Wildman–Crippen LogP) is 2.90. The Kier molecular flexibility index (Phi) is 4.29. The summed E-state index contributed by atoms with van der Waals surface area (Å²) in [6, 6.07) is 11.4. The van der Waals surface area contributed by atoms with Crippen LogP contribution < -0.4 is 10.7 Å². The standard InChI is InChI=1S/C16H14ClN3O3S/c1-2-16(10-6-4-3-5-7-10)14(22)20(15(23)18-16)19-13(21)11-8-9-12(17)24-11/h3-9H,2H2,1H3,(H,18,23)(H,19,21)/t16-/m0/s1. The van der Waals surface area contributed by atoms with Crippen molar-refractivity contribution in [2.24, 2.45) is 0 Å². The fraction of sp³-hybridized carbons (Fsp3) is 0.188. The molecule has 0 radical (unpaired) electrons. The van der Waals surface area contributed by atoms with E-state index in [1.54, 1.807) is 37.3 Å². The van der Waals surface area contributed by atoms with Gasteiger partial charge in [-0.3, -0.25) is 15.0 Å². The molecule has 1 atom stereocenters. The Balaban J connectivity index is 1.87. The van der Waals surface area contributed by atoms with Gasteiger partial charge in [-0.15, -0.1) is 11.3 Å². The van der Waals surface area contributed by atoms with Gasteiger partial charge in [0.25, 0.3) is 11.8 Å². The number of halogens is 1. The van der Waals surface area contributed by atoms with Crippen LogP contribution in [0.4, 0.5) is 4.79 Å². The molecule has 0 unspecified atom stereocenters. The zero-order valence-corrected chi connectivity index (χ0v) is 14.3. The topological polar surface area (TPSA) is 78.5 Å². The third-order valence-corrected chi connectivity index (χ3v) is 5.13. The Morgan fingerprint density at radius 3 is 2.54 bits per heavy atom. The first-order chi connectivity index (χ1) is 11.5. The van der Waals surface area contributed by atoms with E-state index in [4.69, 9.17) is 11.6 Å². The quantitative estimate of drug-likeness (QED) is 0.820. The number of benzene rings is 1. The molecule has 8 heteroatoms. The van der Waals surface area contributed by atoms with E-state index in [2.05, 4.69) is 10.7 Å². The molecule has 2 N–H and O–H groups in total. The molecule has 1 aromatic carbocycles. The van der Waals surface area contributed by atoms with Crippen molar-refractivity contribution in [1.29, 1.82) is 0 Å². The smallest absolute Gasteiger partial charge is 0.318 e. The molecule has 0 aliphatic carbocycles. The van der Waals surface area contributed by atoms with Crippen molar-refractivity contribution in [1.82, 2.24) is 15.8 Å². The number of amides is 4. The molecule has 1 aromatic heterocycles. The van der Waals surface area contributed by atoms with Crippen LogP contribution in [0.5, 0.6) is 0 Å². The monoisotopic (exact) mass is 363 g/mol. The SMILES string of the molecule is CC[C@@]1(c2ccccc2)NC(=O)N(NC(=O)c2ccc(Cl)s2)C1=O.